The lowest BCUT2D eigenvalue weighted by Gasteiger charge is -1.99. The Bertz CT molecular complexity index is 214. The maximum absolute atomic E-state index is 9.01. The Morgan fingerprint density at radius 2 is 2.10 bits per heavy atom. The van der Waals surface area contributed by atoms with Crippen molar-refractivity contribution in [2.45, 2.75) is 0 Å². The van der Waals surface area contributed by atoms with E-state index in [-0.39, 0.29) is 10.8 Å². The SMILES string of the molecule is Nc1cc(Cl)c(O)cc1Br. The van der Waals surface area contributed by atoms with Crippen LogP contribution >= 0.6 is 27.5 Å². The third-order valence-electron chi connectivity index (χ3n) is 1.07. The molecule has 2 nitrogen and oxygen atoms in total. The van der Waals surface area contributed by atoms with Crippen LogP contribution in [0.25, 0.3) is 0 Å². The zero-order valence-electron chi connectivity index (χ0n) is 4.94. The zero-order valence-corrected chi connectivity index (χ0v) is 7.28. The summed E-state index contributed by atoms with van der Waals surface area (Å²) in [6.07, 6.45) is 0. The molecule has 0 aliphatic rings. The van der Waals surface area contributed by atoms with Crippen molar-refractivity contribution in [3.63, 3.8) is 0 Å². The largest absolute Gasteiger partial charge is 0.506 e. The highest BCUT2D eigenvalue weighted by atomic mass is 79.9. The number of halogens is 2. The molecule has 54 valence electrons. The molecule has 0 aliphatic heterocycles. The smallest absolute Gasteiger partial charge is 0.135 e. The molecule has 1 aromatic carbocycles. The molecule has 1 rings (SSSR count). The molecule has 0 aromatic heterocycles. The van der Waals surface area contributed by atoms with Gasteiger partial charge in [0.2, 0.25) is 0 Å². The Hall–Kier alpha value is -0.410. The maximum Gasteiger partial charge on any atom is 0.135 e. The lowest BCUT2D eigenvalue weighted by molar-refractivity contribution is 0.475. The van der Waals surface area contributed by atoms with E-state index < -0.39 is 0 Å². The van der Waals surface area contributed by atoms with E-state index in [2.05, 4.69) is 15.9 Å². The van der Waals surface area contributed by atoms with Crippen molar-refractivity contribution in [1.82, 2.24) is 0 Å². The number of hydrogen-bond donors (Lipinski definition) is 2. The monoisotopic (exact) mass is 221 g/mol. The number of hydrogen-bond acceptors (Lipinski definition) is 2. The minimum atomic E-state index is 0.0303. The lowest BCUT2D eigenvalue weighted by atomic mass is 10.3. The van der Waals surface area contributed by atoms with Crippen LogP contribution in [0.1, 0.15) is 0 Å². The molecule has 0 spiro atoms. The van der Waals surface area contributed by atoms with Crippen LogP contribution < -0.4 is 5.73 Å². The van der Waals surface area contributed by atoms with E-state index in [9.17, 15) is 0 Å². The van der Waals surface area contributed by atoms with Gasteiger partial charge in [-0.2, -0.15) is 0 Å². The molecule has 0 aliphatic carbocycles. The highest BCUT2D eigenvalue weighted by Gasteiger charge is 2.01. The average Bonchev–Trinajstić information content (AvgIpc) is 1.84. The molecular weight excluding hydrogens is 217 g/mol. The van der Waals surface area contributed by atoms with Crippen molar-refractivity contribution in [2.24, 2.45) is 0 Å². The van der Waals surface area contributed by atoms with Gasteiger partial charge in [0.05, 0.1) is 5.02 Å². The molecule has 0 heterocycles. The topological polar surface area (TPSA) is 46.2 Å². The summed E-state index contributed by atoms with van der Waals surface area (Å²) in [5.41, 5.74) is 5.96. The first-order valence-corrected chi connectivity index (χ1v) is 3.72. The minimum Gasteiger partial charge on any atom is -0.506 e. The Morgan fingerprint density at radius 1 is 1.50 bits per heavy atom. The fraction of sp³-hybridized carbons (Fsp3) is 0. The van der Waals surface area contributed by atoms with Gasteiger partial charge < -0.3 is 10.8 Å². The average molecular weight is 222 g/mol. The van der Waals surface area contributed by atoms with Crippen molar-refractivity contribution in [2.75, 3.05) is 5.73 Å². The van der Waals surface area contributed by atoms with Crippen LogP contribution in [0.2, 0.25) is 5.02 Å². The second-order valence-corrected chi connectivity index (χ2v) is 3.09. The van der Waals surface area contributed by atoms with E-state index >= 15 is 0 Å². The van der Waals surface area contributed by atoms with E-state index in [1.807, 2.05) is 0 Å². The molecule has 0 saturated heterocycles. The van der Waals surface area contributed by atoms with Crippen LogP contribution in [0.5, 0.6) is 5.75 Å². The highest BCUT2D eigenvalue weighted by molar-refractivity contribution is 9.10. The van der Waals surface area contributed by atoms with E-state index in [1.165, 1.54) is 12.1 Å². The molecule has 0 amide bonds. The van der Waals surface area contributed by atoms with E-state index in [1.54, 1.807) is 0 Å². The van der Waals surface area contributed by atoms with Crippen LogP contribution in [-0.4, -0.2) is 5.11 Å². The van der Waals surface area contributed by atoms with E-state index in [0.29, 0.717) is 10.2 Å². The summed E-state index contributed by atoms with van der Waals surface area (Å²) in [7, 11) is 0. The van der Waals surface area contributed by atoms with E-state index in [4.69, 9.17) is 22.4 Å². The number of benzene rings is 1. The van der Waals surface area contributed by atoms with Gasteiger partial charge in [0.1, 0.15) is 5.75 Å². The second-order valence-electron chi connectivity index (χ2n) is 1.83. The highest BCUT2D eigenvalue weighted by Crippen LogP contribution is 2.31. The Labute approximate surface area is 71.7 Å². The zero-order chi connectivity index (χ0) is 7.72. The molecule has 0 saturated carbocycles. The summed E-state index contributed by atoms with van der Waals surface area (Å²) in [6.45, 7) is 0. The van der Waals surface area contributed by atoms with Crippen molar-refractivity contribution in [3.05, 3.63) is 21.6 Å². The molecule has 0 atom stereocenters. The third-order valence-corrected chi connectivity index (χ3v) is 2.06. The predicted molar refractivity (Wildman–Crippen MR) is 45.2 cm³/mol. The van der Waals surface area contributed by atoms with Gasteiger partial charge in [-0.3, -0.25) is 0 Å². The molecule has 3 N–H and O–H groups in total. The fourth-order valence-electron chi connectivity index (χ4n) is 0.552. The van der Waals surface area contributed by atoms with Gasteiger partial charge in [-0.1, -0.05) is 11.6 Å². The number of phenols is 1. The van der Waals surface area contributed by atoms with Crippen LogP contribution in [0.4, 0.5) is 5.69 Å². The van der Waals surface area contributed by atoms with Gasteiger partial charge in [0.15, 0.2) is 0 Å². The van der Waals surface area contributed by atoms with Crippen LogP contribution in [-0.2, 0) is 0 Å². The Morgan fingerprint density at radius 3 is 2.60 bits per heavy atom. The van der Waals surface area contributed by atoms with Crippen LogP contribution in [0.15, 0.2) is 16.6 Å². The normalized spacial score (nSPS) is 9.80. The first-order valence-electron chi connectivity index (χ1n) is 2.54. The van der Waals surface area contributed by atoms with Gasteiger partial charge >= 0.3 is 0 Å². The number of phenolic OH excluding ortho intramolecular Hbond substituents is 1. The minimum absolute atomic E-state index is 0.0303. The summed E-state index contributed by atoms with van der Waals surface area (Å²) < 4.78 is 0.648. The first-order chi connectivity index (χ1) is 4.61. The maximum atomic E-state index is 9.01. The molecular formula is C6H5BrClNO. The second kappa shape index (κ2) is 2.68. The van der Waals surface area contributed by atoms with Crippen molar-refractivity contribution in [1.29, 1.82) is 0 Å². The lowest BCUT2D eigenvalue weighted by Crippen LogP contribution is -1.85. The summed E-state index contributed by atoms with van der Waals surface area (Å²) in [6, 6.07) is 2.94. The number of rotatable bonds is 0. The third kappa shape index (κ3) is 1.36. The van der Waals surface area contributed by atoms with Crippen LogP contribution in [0.3, 0.4) is 0 Å². The quantitative estimate of drug-likeness (QED) is 0.523. The van der Waals surface area contributed by atoms with Gasteiger partial charge in [0.25, 0.3) is 0 Å². The van der Waals surface area contributed by atoms with Gasteiger partial charge in [-0.25, -0.2) is 0 Å². The summed E-state index contributed by atoms with van der Waals surface area (Å²) in [5.74, 6) is 0.0303. The summed E-state index contributed by atoms with van der Waals surface area (Å²) in [4.78, 5) is 0. The molecule has 10 heavy (non-hydrogen) atoms. The number of anilines is 1. The summed E-state index contributed by atoms with van der Waals surface area (Å²) >= 11 is 8.67. The number of nitrogens with two attached hydrogens (primary N) is 1. The van der Waals surface area contributed by atoms with Crippen LogP contribution in [0, 0.1) is 0 Å². The number of nitrogen functional groups attached to an aromatic ring is 1. The van der Waals surface area contributed by atoms with Gasteiger partial charge in [-0.15, -0.1) is 0 Å². The first kappa shape index (κ1) is 7.69. The summed E-state index contributed by atoms with van der Waals surface area (Å²) in [5, 5.41) is 9.27. The van der Waals surface area contributed by atoms with Crippen molar-refractivity contribution < 1.29 is 5.11 Å². The van der Waals surface area contributed by atoms with Crippen molar-refractivity contribution >= 4 is 33.2 Å². The van der Waals surface area contributed by atoms with Gasteiger partial charge in [-0.05, 0) is 28.1 Å². The number of aromatic hydroxyl groups is 1. The standard InChI is InChI=1S/C6H5BrClNO/c7-3-1-6(10)4(8)2-5(3)9/h1-2,10H,9H2. The predicted octanol–water partition coefficient (Wildman–Crippen LogP) is 2.39. The molecule has 0 bridgehead atoms. The Kier molecular flexibility index (Phi) is 2.06. The van der Waals surface area contributed by atoms with Gasteiger partial charge in [0, 0.05) is 10.2 Å². The molecule has 4 heteroatoms. The molecule has 0 unspecified atom stereocenters. The molecule has 0 fully saturated rings. The fourth-order valence-corrected chi connectivity index (χ4v) is 1.06. The van der Waals surface area contributed by atoms with Crippen molar-refractivity contribution in [3.8, 4) is 5.75 Å². The molecule has 1 aromatic rings. The van der Waals surface area contributed by atoms with E-state index in [0.717, 1.165) is 0 Å². The Balaban J connectivity index is 3.28. The molecule has 0 radical (unpaired) electrons.